The first-order valence-corrected chi connectivity index (χ1v) is 13.7. The van der Waals surface area contributed by atoms with Gasteiger partial charge in [0.25, 0.3) is 0 Å². The molecule has 0 spiro atoms. The number of hydrogen-bond donors (Lipinski definition) is 1. The Bertz CT molecular complexity index is 824. The topological polar surface area (TPSA) is 63.8 Å². The zero-order chi connectivity index (χ0) is 22.7. The van der Waals surface area contributed by atoms with E-state index in [9.17, 15) is 5.11 Å². The first-order chi connectivity index (χ1) is 15.2. The van der Waals surface area contributed by atoms with Gasteiger partial charge in [-0.15, -0.1) is 10.2 Å². The molecule has 9 atom stereocenters. The Hall–Kier alpha value is -0.970. The van der Waals surface area contributed by atoms with E-state index >= 15 is 0 Å². The van der Waals surface area contributed by atoms with Crippen LogP contribution in [0.5, 0.6) is 0 Å². The second-order valence-corrected chi connectivity index (χ2v) is 12.9. The molecule has 1 heterocycles. The quantitative estimate of drug-likeness (QED) is 0.625. The molecule has 4 aliphatic carbocycles. The highest BCUT2D eigenvalue weighted by Crippen LogP contribution is 2.68. The van der Waals surface area contributed by atoms with E-state index in [0.29, 0.717) is 16.7 Å². The number of aliphatic hydroxyl groups is 1. The van der Waals surface area contributed by atoms with Gasteiger partial charge in [0.1, 0.15) is 0 Å². The Morgan fingerprint density at radius 3 is 2.53 bits per heavy atom. The van der Waals surface area contributed by atoms with Gasteiger partial charge >= 0.3 is 0 Å². The van der Waals surface area contributed by atoms with Crippen molar-refractivity contribution in [3.05, 3.63) is 5.82 Å². The van der Waals surface area contributed by atoms with Gasteiger partial charge in [0, 0.05) is 0 Å². The summed E-state index contributed by atoms with van der Waals surface area (Å²) in [6.45, 7) is 12.7. The average Bonchev–Trinajstić information content (AvgIpc) is 3.31. The first-order valence-electron chi connectivity index (χ1n) is 13.7. The molecular weight excluding hydrogens is 396 g/mol. The summed E-state index contributed by atoms with van der Waals surface area (Å²) >= 11 is 0. The van der Waals surface area contributed by atoms with Crippen LogP contribution in [0.1, 0.15) is 104 Å². The fourth-order valence-corrected chi connectivity index (χ4v) is 9.78. The first kappa shape index (κ1) is 22.8. The molecule has 5 heteroatoms. The van der Waals surface area contributed by atoms with Crippen LogP contribution in [0.4, 0.5) is 0 Å². The number of aromatic nitrogens is 4. The number of fused-ring (bicyclic) bond motifs is 5. The van der Waals surface area contributed by atoms with Crippen LogP contribution in [0.2, 0.25) is 0 Å². The molecule has 4 fully saturated rings. The normalized spacial score (nSPS) is 46.9. The predicted molar refractivity (Wildman–Crippen MR) is 127 cm³/mol. The number of aryl methyl sites for hydroxylation is 1. The third-order valence-electron chi connectivity index (χ3n) is 11.3. The molecule has 0 amide bonds. The summed E-state index contributed by atoms with van der Waals surface area (Å²) in [5, 5.41) is 24.0. The maximum absolute atomic E-state index is 11.2. The summed E-state index contributed by atoms with van der Waals surface area (Å²) in [6, 6.07) is 0. The molecule has 1 aromatic heterocycles. The number of nitrogens with zero attached hydrogens (tertiary/aromatic N) is 4. The summed E-state index contributed by atoms with van der Waals surface area (Å²) < 4.78 is 0. The van der Waals surface area contributed by atoms with Crippen LogP contribution in [-0.2, 0) is 6.54 Å². The van der Waals surface area contributed by atoms with E-state index in [1.54, 1.807) is 0 Å². The lowest BCUT2D eigenvalue weighted by molar-refractivity contribution is -0.154. The summed E-state index contributed by atoms with van der Waals surface area (Å²) in [5.74, 6) is 5.53. The Morgan fingerprint density at radius 1 is 1.03 bits per heavy atom. The second-order valence-electron chi connectivity index (χ2n) is 12.9. The molecule has 0 aliphatic heterocycles. The minimum Gasteiger partial charge on any atom is -0.390 e. The maximum Gasteiger partial charge on any atom is 0.171 e. The zero-order valence-electron chi connectivity index (χ0n) is 21.2. The predicted octanol–water partition coefficient (Wildman–Crippen LogP) is 5.81. The standard InChI is InChI=1S/C27H46N4O/c1-6-12-27(32)15-14-25(4)20(16-27)7-8-21-23-10-9-22(26(23,5)13-11-24(21)25)18(2)17-31-29-19(3)28-30-31/h18,20-24,32H,6-17H2,1-5H3/t18-,20+,21-,22+,23-,24-,25-,26+,27+/m0/s1. The van der Waals surface area contributed by atoms with Crippen LogP contribution in [0.15, 0.2) is 0 Å². The molecule has 0 aromatic carbocycles. The summed E-state index contributed by atoms with van der Waals surface area (Å²) in [4.78, 5) is 1.83. The van der Waals surface area contributed by atoms with Crippen molar-refractivity contribution in [2.45, 2.75) is 117 Å². The van der Waals surface area contributed by atoms with Crippen LogP contribution in [0, 0.1) is 53.3 Å². The highest BCUT2D eigenvalue weighted by atomic mass is 16.3. The van der Waals surface area contributed by atoms with Gasteiger partial charge in [-0.25, -0.2) is 0 Å². The van der Waals surface area contributed by atoms with E-state index in [2.05, 4.69) is 43.1 Å². The molecule has 0 radical (unpaired) electrons. The number of hydrogen-bond acceptors (Lipinski definition) is 4. The highest BCUT2D eigenvalue weighted by Gasteiger charge is 2.61. The van der Waals surface area contributed by atoms with E-state index in [-0.39, 0.29) is 5.60 Å². The number of tetrazole rings is 1. The van der Waals surface area contributed by atoms with Gasteiger partial charge in [0.05, 0.1) is 12.1 Å². The third kappa shape index (κ3) is 3.56. The van der Waals surface area contributed by atoms with Crippen molar-refractivity contribution in [2.75, 3.05) is 0 Å². The SMILES string of the molecule is CCC[C@@]1(O)CC[C@@]2(C)[C@H](CC[C@@H]3[C@@H]2CC[C@]2(C)[C@@H]([C@@H](C)Cn4nnc(C)n4)CC[C@@H]32)C1. The van der Waals surface area contributed by atoms with E-state index in [0.717, 1.165) is 67.6 Å². The molecular formula is C27H46N4O. The van der Waals surface area contributed by atoms with Crippen molar-refractivity contribution in [1.29, 1.82) is 0 Å². The van der Waals surface area contributed by atoms with Gasteiger partial charge in [0.2, 0.25) is 0 Å². The van der Waals surface area contributed by atoms with Crippen molar-refractivity contribution < 1.29 is 5.11 Å². The van der Waals surface area contributed by atoms with Gasteiger partial charge in [-0.2, -0.15) is 4.80 Å². The van der Waals surface area contributed by atoms with Crippen molar-refractivity contribution in [3.8, 4) is 0 Å². The molecule has 0 saturated heterocycles. The maximum atomic E-state index is 11.2. The van der Waals surface area contributed by atoms with Gasteiger partial charge in [-0.05, 0) is 123 Å². The minimum atomic E-state index is -0.378. The van der Waals surface area contributed by atoms with E-state index in [4.69, 9.17) is 0 Å². The summed E-state index contributed by atoms with van der Waals surface area (Å²) in [5.41, 5.74) is 0.545. The Morgan fingerprint density at radius 2 is 1.81 bits per heavy atom. The van der Waals surface area contributed by atoms with Gasteiger partial charge in [-0.3, -0.25) is 0 Å². The smallest absolute Gasteiger partial charge is 0.171 e. The monoisotopic (exact) mass is 442 g/mol. The lowest BCUT2D eigenvalue weighted by atomic mass is 9.43. The number of rotatable bonds is 5. The minimum absolute atomic E-state index is 0.378. The summed E-state index contributed by atoms with van der Waals surface area (Å²) in [6.07, 6.45) is 13.8. The van der Waals surface area contributed by atoms with Crippen LogP contribution in [-0.4, -0.2) is 30.9 Å². The largest absolute Gasteiger partial charge is 0.390 e. The Labute approximate surface area is 195 Å². The Kier molecular flexibility index (Phi) is 5.74. The molecule has 32 heavy (non-hydrogen) atoms. The third-order valence-corrected chi connectivity index (χ3v) is 11.3. The van der Waals surface area contributed by atoms with E-state index in [1.807, 2.05) is 11.7 Å². The van der Waals surface area contributed by atoms with Crippen LogP contribution < -0.4 is 0 Å². The van der Waals surface area contributed by atoms with Gasteiger partial charge in [-0.1, -0.05) is 34.1 Å². The fraction of sp³-hybridized carbons (Fsp3) is 0.963. The van der Waals surface area contributed by atoms with Crippen LogP contribution in [0.3, 0.4) is 0 Å². The van der Waals surface area contributed by atoms with Crippen molar-refractivity contribution >= 4 is 0 Å². The molecule has 0 unspecified atom stereocenters. The molecule has 5 nitrogen and oxygen atoms in total. The molecule has 5 rings (SSSR count). The van der Waals surface area contributed by atoms with E-state index < -0.39 is 0 Å². The summed E-state index contributed by atoms with van der Waals surface area (Å²) in [7, 11) is 0. The molecule has 1 aromatic rings. The molecule has 0 bridgehead atoms. The fourth-order valence-electron chi connectivity index (χ4n) is 9.78. The highest BCUT2D eigenvalue weighted by molar-refractivity contribution is 5.10. The average molecular weight is 443 g/mol. The molecule has 4 aliphatic rings. The van der Waals surface area contributed by atoms with Crippen LogP contribution >= 0.6 is 0 Å². The molecule has 4 saturated carbocycles. The van der Waals surface area contributed by atoms with Gasteiger partial charge in [0.15, 0.2) is 5.82 Å². The molecule has 1 N–H and O–H groups in total. The lowest BCUT2D eigenvalue weighted by Crippen LogP contribution is -2.56. The van der Waals surface area contributed by atoms with Crippen LogP contribution in [0.25, 0.3) is 0 Å². The van der Waals surface area contributed by atoms with E-state index in [1.165, 1.54) is 44.9 Å². The Balaban J connectivity index is 1.31. The van der Waals surface area contributed by atoms with Crippen molar-refractivity contribution in [3.63, 3.8) is 0 Å². The van der Waals surface area contributed by atoms with Crippen molar-refractivity contribution in [2.24, 2.45) is 46.3 Å². The second kappa shape index (κ2) is 8.06. The lowest BCUT2D eigenvalue weighted by Gasteiger charge is -2.62. The zero-order valence-corrected chi connectivity index (χ0v) is 21.2. The van der Waals surface area contributed by atoms with Crippen molar-refractivity contribution in [1.82, 2.24) is 20.2 Å². The molecule has 180 valence electrons. The van der Waals surface area contributed by atoms with Gasteiger partial charge < -0.3 is 5.11 Å².